The van der Waals surface area contributed by atoms with Crippen LogP contribution in [0.25, 0.3) is 0 Å². The van der Waals surface area contributed by atoms with Crippen molar-refractivity contribution in [2.24, 2.45) is 0 Å². The number of rotatable bonds is 6. The summed E-state index contributed by atoms with van der Waals surface area (Å²) in [7, 11) is 0.498. The van der Waals surface area contributed by atoms with Crippen molar-refractivity contribution in [1.82, 2.24) is 0 Å². The molecule has 7 heteroatoms. The Morgan fingerprint density at radius 2 is 1.58 bits per heavy atom. The summed E-state index contributed by atoms with van der Waals surface area (Å²) in [5, 5.41) is 0. The van der Waals surface area contributed by atoms with E-state index in [9.17, 15) is 17.6 Å². The topological polar surface area (TPSA) is 18.5 Å². The molecule has 1 aromatic carbocycles. The summed E-state index contributed by atoms with van der Waals surface area (Å²) in [6.45, 7) is 1.86. The highest BCUT2D eigenvalue weighted by Crippen LogP contribution is 2.24. The van der Waals surface area contributed by atoms with E-state index in [4.69, 9.17) is 8.85 Å². The van der Waals surface area contributed by atoms with Gasteiger partial charge in [-0.15, -0.1) is 0 Å². The molecule has 0 amide bonds. The van der Waals surface area contributed by atoms with E-state index in [0.717, 1.165) is 0 Å². The maximum Gasteiger partial charge on any atom is 0.337 e. The summed E-state index contributed by atoms with van der Waals surface area (Å²) in [6.07, 6.45) is 0.0295. The van der Waals surface area contributed by atoms with E-state index in [0.29, 0.717) is 18.2 Å². The van der Waals surface area contributed by atoms with E-state index in [2.05, 4.69) is 0 Å². The molecule has 0 fully saturated rings. The van der Waals surface area contributed by atoms with Gasteiger partial charge in [-0.2, -0.15) is 0 Å². The van der Waals surface area contributed by atoms with Gasteiger partial charge in [-0.3, -0.25) is 0 Å². The molecule has 0 aliphatic rings. The van der Waals surface area contributed by atoms with Crippen LogP contribution in [0.5, 0.6) is 0 Å². The van der Waals surface area contributed by atoms with Gasteiger partial charge < -0.3 is 8.85 Å². The fraction of sp³-hybridized carbons (Fsp3) is 0.500. The molecular formula is C12H16F4O2Si. The first-order valence-electron chi connectivity index (χ1n) is 5.83. The van der Waals surface area contributed by atoms with E-state index in [1.54, 1.807) is 0 Å². The third-order valence-electron chi connectivity index (χ3n) is 3.24. The van der Waals surface area contributed by atoms with Crippen LogP contribution in [-0.4, -0.2) is 22.8 Å². The summed E-state index contributed by atoms with van der Waals surface area (Å²) in [5.74, 6) is -6.33. The molecule has 19 heavy (non-hydrogen) atoms. The molecule has 0 heterocycles. The summed E-state index contributed by atoms with van der Waals surface area (Å²) in [4.78, 5) is 0. The summed E-state index contributed by atoms with van der Waals surface area (Å²) >= 11 is 0. The third-order valence-corrected chi connectivity index (χ3v) is 6.81. The van der Waals surface area contributed by atoms with Crippen LogP contribution in [0.2, 0.25) is 12.1 Å². The molecule has 0 radical (unpaired) electrons. The number of hydrogen-bond donors (Lipinski definition) is 0. The Bertz CT molecular complexity index is 442. The monoisotopic (exact) mass is 296 g/mol. The van der Waals surface area contributed by atoms with Crippen LogP contribution >= 0.6 is 0 Å². The van der Waals surface area contributed by atoms with Crippen LogP contribution in [0.15, 0.2) is 6.07 Å². The fourth-order valence-corrected chi connectivity index (χ4v) is 4.04. The Labute approximate surface area is 110 Å². The van der Waals surface area contributed by atoms with Gasteiger partial charge in [0.15, 0.2) is 23.3 Å². The highest BCUT2D eigenvalue weighted by Gasteiger charge is 2.33. The predicted molar refractivity (Wildman–Crippen MR) is 65.0 cm³/mol. The van der Waals surface area contributed by atoms with Gasteiger partial charge in [0, 0.05) is 14.2 Å². The van der Waals surface area contributed by atoms with Crippen LogP contribution in [0.4, 0.5) is 17.6 Å². The summed E-state index contributed by atoms with van der Waals surface area (Å²) < 4.78 is 63.1. The molecule has 0 unspecified atom stereocenters. The first-order chi connectivity index (χ1) is 8.90. The van der Waals surface area contributed by atoms with Gasteiger partial charge >= 0.3 is 8.56 Å². The molecule has 0 atom stereocenters. The highest BCUT2D eigenvalue weighted by molar-refractivity contribution is 6.67. The Morgan fingerprint density at radius 1 is 1.00 bits per heavy atom. The zero-order valence-corrected chi connectivity index (χ0v) is 12.0. The minimum atomic E-state index is -2.48. The molecule has 0 aliphatic heterocycles. The van der Waals surface area contributed by atoms with Crippen LogP contribution in [0.1, 0.15) is 12.5 Å². The second kappa shape index (κ2) is 6.49. The fourth-order valence-electron chi connectivity index (χ4n) is 1.88. The van der Waals surface area contributed by atoms with Crippen molar-refractivity contribution in [3.05, 3.63) is 34.9 Å². The number of aryl methyl sites for hydroxylation is 1. The smallest absolute Gasteiger partial charge is 0.337 e. The lowest BCUT2D eigenvalue weighted by molar-refractivity contribution is 0.242. The normalized spacial score (nSPS) is 11.9. The summed E-state index contributed by atoms with van der Waals surface area (Å²) in [5.41, 5.74) is -0.212. The maximum absolute atomic E-state index is 13.5. The lowest BCUT2D eigenvalue weighted by atomic mass is 10.1. The molecule has 1 rings (SSSR count). The summed E-state index contributed by atoms with van der Waals surface area (Å²) in [6, 6.07) is 1.62. The van der Waals surface area contributed by atoms with Gasteiger partial charge in [-0.1, -0.05) is 6.92 Å². The van der Waals surface area contributed by atoms with E-state index in [-0.39, 0.29) is 12.0 Å². The molecular weight excluding hydrogens is 280 g/mol. The van der Waals surface area contributed by atoms with Crippen LogP contribution in [0, 0.1) is 23.3 Å². The van der Waals surface area contributed by atoms with Crippen molar-refractivity contribution in [1.29, 1.82) is 0 Å². The van der Waals surface area contributed by atoms with E-state index < -0.39 is 31.8 Å². The lowest BCUT2D eigenvalue weighted by Crippen LogP contribution is -2.39. The molecule has 0 N–H and O–H groups in total. The Hall–Kier alpha value is -0.923. The molecule has 0 saturated carbocycles. The maximum atomic E-state index is 13.5. The first-order valence-corrected chi connectivity index (χ1v) is 8.06. The average Bonchev–Trinajstić information content (AvgIpc) is 2.43. The van der Waals surface area contributed by atoms with Crippen LogP contribution in [0.3, 0.4) is 0 Å². The van der Waals surface area contributed by atoms with Gasteiger partial charge in [0.1, 0.15) is 0 Å². The third kappa shape index (κ3) is 3.34. The zero-order valence-electron chi connectivity index (χ0n) is 11.0. The average molecular weight is 296 g/mol. The predicted octanol–water partition coefficient (Wildman–Crippen LogP) is 3.54. The molecule has 0 saturated heterocycles. The van der Waals surface area contributed by atoms with Crippen molar-refractivity contribution >= 4 is 8.56 Å². The van der Waals surface area contributed by atoms with Gasteiger partial charge in [0.2, 0.25) is 0 Å². The van der Waals surface area contributed by atoms with Crippen molar-refractivity contribution in [2.45, 2.75) is 25.4 Å². The van der Waals surface area contributed by atoms with Crippen molar-refractivity contribution in [3.8, 4) is 0 Å². The number of halogens is 4. The van der Waals surface area contributed by atoms with Gasteiger partial charge in [-0.05, 0) is 30.1 Å². The molecule has 1 aromatic rings. The Balaban J connectivity index is 2.95. The highest BCUT2D eigenvalue weighted by atomic mass is 28.4. The second-order valence-corrected chi connectivity index (χ2v) is 7.98. The number of benzene rings is 1. The molecule has 108 valence electrons. The minimum Gasteiger partial charge on any atom is -0.398 e. The van der Waals surface area contributed by atoms with E-state index in [1.807, 2.05) is 6.92 Å². The molecule has 0 bridgehead atoms. The van der Waals surface area contributed by atoms with Crippen molar-refractivity contribution in [2.75, 3.05) is 14.2 Å². The van der Waals surface area contributed by atoms with E-state index in [1.165, 1.54) is 14.2 Å². The molecule has 0 aliphatic carbocycles. The number of hydrogen-bond acceptors (Lipinski definition) is 2. The van der Waals surface area contributed by atoms with E-state index >= 15 is 0 Å². The quantitative estimate of drug-likeness (QED) is 0.346. The second-order valence-electron chi connectivity index (χ2n) is 4.13. The van der Waals surface area contributed by atoms with Crippen molar-refractivity contribution < 1.29 is 26.4 Å². The van der Waals surface area contributed by atoms with Gasteiger partial charge in [0.25, 0.3) is 0 Å². The Kier molecular flexibility index (Phi) is 5.51. The minimum absolute atomic E-state index is 0.0295. The van der Waals surface area contributed by atoms with Crippen LogP contribution < -0.4 is 0 Å². The SMILES string of the molecule is CC[Si](CCc1cc(F)c(F)c(F)c1F)(OC)OC. The first kappa shape index (κ1) is 16.1. The molecule has 2 nitrogen and oxygen atoms in total. The largest absolute Gasteiger partial charge is 0.398 e. The van der Waals surface area contributed by atoms with Gasteiger partial charge in [0.05, 0.1) is 0 Å². The molecule has 0 spiro atoms. The van der Waals surface area contributed by atoms with Crippen LogP contribution in [-0.2, 0) is 15.3 Å². The van der Waals surface area contributed by atoms with Crippen molar-refractivity contribution in [3.63, 3.8) is 0 Å². The van der Waals surface area contributed by atoms with Gasteiger partial charge in [-0.25, -0.2) is 17.6 Å². The molecule has 0 aromatic heterocycles. The Morgan fingerprint density at radius 3 is 2.05 bits per heavy atom. The standard InChI is InChI=1S/C12H16F4O2Si/c1-4-19(17-2,18-3)6-5-8-7-9(13)11(15)12(16)10(8)14/h7H,4-6H2,1-3H3. The zero-order chi connectivity index (χ0) is 14.6. The lowest BCUT2D eigenvalue weighted by Gasteiger charge is -2.26.